The molecule has 1 saturated heterocycles. The van der Waals surface area contributed by atoms with E-state index in [1.165, 1.54) is 36.7 Å². The Morgan fingerprint density at radius 1 is 1.21 bits per heavy atom. The number of anilines is 1. The zero-order valence-corrected chi connectivity index (χ0v) is 18.3. The molecule has 0 saturated carbocycles. The van der Waals surface area contributed by atoms with Gasteiger partial charge >= 0.3 is 0 Å². The lowest BCUT2D eigenvalue weighted by atomic mass is 10.1. The van der Waals surface area contributed by atoms with Gasteiger partial charge in [0.05, 0.1) is 9.95 Å². The molecule has 9 nitrogen and oxygen atoms in total. The van der Waals surface area contributed by atoms with Crippen LogP contribution in [0.4, 0.5) is 15.9 Å². The Balaban J connectivity index is 1.45. The lowest BCUT2D eigenvalue weighted by Crippen LogP contribution is -2.54. The van der Waals surface area contributed by atoms with Gasteiger partial charge in [-0.1, -0.05) is 17.7 Å². The van der Waals surface area contributed by atoms with Crippen LogP contribution in [-0.2, 0) is 0 Å². The van der Waals surface area contributed by atoms with Gasteiger partial charge < -0.3 is 14.5 Å². The molecule has 1 amide bonds. The third-order valence-electron chi connectivity index (χ3n) is 5.25. The van der Waals surface area contributed by atoms with Crippen molar-refractivity contribution >= 4 is 29.0 Å². The molecule has 0 unspecified atom stereocenters. The number of hydrogen-bond donors (Lipinski definition) is 0. The summed E-state index contributed by atoms with van der Waals surface area (Å²) >= 11 is 6.02. The predicted molar refractivity (Wildman–Crippen MR) is 119 cm³/mol. The highest BCUT2D eigenvalue weighted by atomic mass is 35.5. The first-order valence-corrected chi connectivity index (χ1v) is 10.4. The molecule has 1 aromatic heterocycles. The van der Waals surface area contributed by atoms with Gasteiger partial charge in [-0.3, -0.25) is 14.9 Å². The van der Waals surface area contributed by atoms with Crippen LogP contribution in [0.1, 0.15) is 17.3 Å². The fourth-order valence-electron chi connectivity index (χ4n) is 3.62. The van der Waals surface area contributed by atoms with Crippen molar-refractivity contribution in [1.82, 2.24) is 14.9 Å². The second-order valence-electron chi connectivity index (χ2n) is 7.49. The van der Waals surface area contributed by atoms with Gasteiger partial charge in [-0.05, 0) is 31.2 Å². The highest BCUT2D eigenvalue weighted by Gasteiger charge is 2.29. The van der Waals surface area contributed by atoms with Gasteiger partial charge in [0.25, 0.3) is 11.6 Å². The minimum atomic E-state index is -0.522. The number of non-ortho nitro benzene ring substituents is 1. The van der Waals surface area contributed by atoms with Crippen molar-refractivity contribution in [1.29, 1.82) is 0 Å². The van der Waals surface area contributed by atoms with E-state index in [0.29, 0.717) is 25.5 Å². The number of nitro benzene ring substituents is 1. The number of benzene rings is 2. The number of carbonyl (C=O) groups excluding carboxylic acids is 1. The largest absolute Gasteiger partial charge is 0.437 e. The summed E-state index contributed by atoms with van der Waals surface area (Å²) in [5.41, 5.74) is 0.153. The molecule has 1 aliphatic heterocycles. The van der Waals surface area contributed by atoms with Crippen LogP contribution in [0, 0.1) is 15.9 Å². The molecule has 4 rings (SSSR count). The lowest BCUT2D eigenvalue weighted by Gasteiger charge is -2.40. The number of nitrogens with zero attached hydrogens (tertiary/aromatic N) is 5. The average molecular weight is 472 g/mol. The number of carbonyl (C=O) groups is 1. The van der Waals surface area contributed by atoms with E-state index in [0.717, 1.165) is 6.07 Å². The molecule has 0 N–H and O–H groups in total. The summed E-state index contributed by atoms with van der Waals surface area (Å²) in [6, 6.07) is 11.0. The Morgan fingerprint density at radius 2 is 2.03 bits per heavy atom. The topological polar surface area (TPSA) is 102 Å². The minimum absolute atomic E-state index is 0.122. The van der Waals surface area contributed by atoms with Crippen LogP contribution >= 0.6 is 11.6 Å². The van der Waals surface area contributed by atoms with Crippen molar-refractivity contribution < 1.29 is 18.8 Å². The summed E-state index contributed by atoms with van der Waals surface area (Å²) in [6.45, 7) is 3.30. The quantitative estimate of drug-likeness (QED) is 0.403. The Kier molecular flexibility index (Phi) is 6.36. The Morgan fingerprint density at radius 3 is 2.76 bits per heavy atom. The average Bonchev–Trinajstić information content (AvgIpc) is 2.80. The normalized spacial score (nSPS) is 15.9. The summed E-state index contributed by atoms with van der Waals surface area (Å²) in [4.78, 5) is 35.5. The second kappa shape index (κ2) is 9.37. The highest BCUT2D eigenvalue weighted by molar-refractivity contribution is 6.32. The maximum absolute atomic E-state index is 13.3. The van der Waals surface area contributed by atoms with Crippen molar-refractivity contribution in [2.75, 3.05) is 24.5 Å². The van der Waals surface area contributed by atoms with Gasteiger partial charge in [0.2, 0.25) is 5.88 Å². The Labute approximate surface area is 193 Å². The highest BCUT2D eigenvalue weighted by Crippen LogP contribution is 2.30. The van der Waals surface area contributed by atoms with Crippen molar-refractivity contribution in [3.63, 3.8) is 0 Å². The van der Waals surface area contributed by atoms with E-state index in [4.69, 9.17) is 16.3 Å². The lowest BCUT2D eigenvalue weighted by molar-refractivity contribution is -0.384. The van der Waals surface area contributed by atoms with E-state index in [-0.39, 0.29) is 39.9 Å². The molecule has 1 aliphatic rings. The number of aromatic nitrogens is 2. The van der Waals surface area contributed by atoms with Crippen molar-refractivity contribution in [2.24, 2.45) is 0 Å². The molecular formula is C22H19ClFN5O4. The SMILES string of the molecule is C[C@H]1CN(c2cc(Oc3ccc(F)cc3Cl)ncn2)CCN1C(=O)c1cccc([N+](=O)[O-])c1. The van der Waals surface area contributed by atoms with Crippen LogP contribution < -0.4 is 9.64 Å². The van der Waals surface area contributed by atoms with Crippen molar-refractivity contribution in [3.8, 4) is 11.6 Å². The maximum Gasteiger partial charge on any atom is 0.270 e. The smallest absolute Gasteiger partial charge is 0.270 e. The maximum atomic E-state index is 13.3. The summed E-state index contributed by atoms with van der Waals surface area (Å²) in [7, 11) is 0. The zero-order chi connectivity index (χ0) is 23.5. The first-order valence-electron chi connectivity index (χ1n) is 10.1. The van der Waals surface area contributed by atoms with E-state index < -0.39 is 10.7 Å². The van der Waals surface area contributed by atoms with E-state index in [1.807, 2.05) is 11.8 Å². The number of hydrogen-bond acceptors (Lipinski definition) is 7. The molecular weight excluding hydrogens is 453 g/mol. The summed E-state index contributed by atoms with van der Waals surface area (Å²) in [6.07, 6.45) is 1.35. The summed E-state index contributed by atoms with van der Waals surface area (Å²) in [5, 5.41) is 11.1. The first-order chi connectivity index (χ1) is 15.8. The van der Waals surface area contributed by atoms with Crippen LogP contribution in [-0.4, -0.2) is 51.4 Å². The molecule has 1 atom stereocenters. The standard InChI is InChI=1S/C22H19ClFN5O4/c1-14-12-27(7-8-28(14)22(30)15-3-2-4-17(9-15)29(31)32)20-11-21(26-13-25-20)33-19-6-5-16(24)10-18(19)23/h2-6,9-11,13-14H,7-8,12H2,1H3/t14-/m0/s1. The molecule has 2 heterocycles. The van der Waals surface area contributed by atoms with Gasteiger partial charge in [-0.2, -0.15) is 0 Å². The molecule has 0 radical (unpaired) electrons. The van der Waals surface area contributed by atoms with Gasteiger partial charge in [0, 0.05) is 49.4 Å². The van der Waals surface area contributed by atoms with E-state index in [1.54, 1.807) is 17.0 Å². The fraction of sp³-hybridized carbons (Fsp3) is 0.227. The molecule has 0 aliphatic carbocycles. The van der Waals surface area contributed by atoms with Crippen LogP contribution in [0.3, 0.4) is 0 Å². The summed E-state index contributed by atoms with van der Waals surface area (Å²) in [5.74, 6) is 0.387. The number of halogens is 2. The molecule has 1 fully saturated rings. The monoisotopic (exact) mass is 471 g/mol. The van der Waals surface area contributed by atoms with Gasteiger partial charge in [0.15, 0.2) is 0 Å². The van der Waals surface area contributed by atoms with E-state index in [2.05, 4.69) is 9.97 Å². The minimum Gasteiger partial charge on any atom is -0.437 e. The Hall–Kier alpha value is -3.79. The zero-order valence-electron chi connectivity index (χ0n) is 17.5. The second-order valence-corrected chi connectivity index (χ2v) is 7.90. The van der Waals surface area contributed by atoms with Gasteiger partial charge in [-0.25, -0.2) is 14.4 Å². The van der Waals surface area contributed by atoms with Crippen LogP contribution in [0.2, 0.25) is 5.02 Å². The third-order valence-corrected chi connectivity index (χ3v) is 5.55. The van der Waals surface area contributed by atoms with Crippen LogP contribution in [0.5, 0.6) is 11.6 Å². The molecule has 0 spiro atoms. The van der Waals surface area contributed by atoms with Gasteiger partial charge in [0.1, 0.15) is 23.7 Å². The Bertz CT molecular complexity index is 1210. The summed E-state index contributed by atoms with van der Waals surface area (Å²) < 4.78 is 18.9. The van der Waals surface area contributed by atoms with Crippen molar-refractivity contribution in [3.05, 3.63) is 81.4 Å². The number of ether oxygens (including phenoxy) is 1. The number of nitro groups is 1. The first kappa shape index (κ1) is 22.4. The fourth-order valence-corrected chi connectivity index (χ4v) is 3.82. The van der Waals surface area contributed by atoms with E-state index >= 15 is 0 Å². The molecule has 170 valence electrons. The number of piperazine rings is 1. The molecule has 3 aromatic rings. The molecule has 0 bridgehead atoms. The van der Waals surface area contributed by atoms with Crippen LogP contribution in [0.15, 0.2) is 54.9 Å². The molecule has 2 aromatic carbocycles. The van der Waals surface area contributed by atoms with Crippen LogP contribution in [0.25, 0.3) is 0 Å². The third kappa shape index (κ3) is 5.01. The van der Waals surface area contributed by atoms with Crippen molar-refractivity contribution in [2.45, 2.75) is 13.0 Å². The molecule has 33 heavy (non-hydrogen) atoms. The van der Waals surface area contributed by atoms with Gasteiger partial charge in [-0.15, -0.1) is 0 Å². The number of amides is 1. The molecule has 11 heteroatoms. The van der Waals surface area contributed by atoms with E-state index in [9.17, 15) is 19.3 Å². The number of rotatable bonds is 5. The predicted octanol–water partition coefficient (Wildman–Crippen LogP) is 4.32.